The van der Waals surface area contributed by atoms with Crippen LogP contribution in [0.25, 0.3) is 0 Å². The number of piperidine rings is 2. The Labute approximate surface area is 132 Å². The lowest BCUT2D eigenvalue weighted by Crippen LogP contribution is -2.47. The average Bonchev–Trinajstić information content (AvgIpc) is 2.57. The largest absolute Gasteiger partial charge is 0.300 e. The molecule has 0 amide bonds. The highest BCUT2D eigenvalue weighted by molar-refractivity contribution is 5.97. The molecule has 0 saturated carbocycles. The summed E-state index contributed by atoms with van der Waals surface area (Å²) in [7, 11) is 0. The van der Waals surface area contributed by atoms with Crippen molar-refractivity contribution in [1.82, 2.24) is 9.80 Å². The quantitative estimate of drug-likeness (QED) is 0.799. The fraction of sp³-hybridized carbons (Fsp3) is 0.611. The lowest BCUT2D eigenvalue weighted by Gasteiger charge is -2.40. The zero-order chi connectivity index (χ0) is 15.4. The summed E-state index contributed by atoms with van der Waals surface area (Å²) in [4.78, 5) is 17.1. The molecule has 0 aliphatic carbocycles. The Morgan fingerprint density at radius 2 is 1.64 bits per heavy atom. The molecule has 0 bridgehead atoms. The van der Waals surface area contributed by atoms with E-state index in [0.29, 0.717) is 18.2 Å². The van der Waals surface area contributed by atoms with Crippen molar-refractivity contribution in [2.24, 2.45) is 0 Å². The number of Topliss-reactive ketones (excluding diaryl/α,β-unsaturated/α-hetero) is 1. The Bertz CT molecular complexity index is 488. The topological polar surface area (TPSA) is 23.6 Å². The van der Waals surface area contributed by atoms with Gasteiger partial charge >= 0.3 is 0 Å². The van der Waals surface area contributed by atoms with Crippen LogP contribution < -0.4 is 0 Å². The monoisotopic (exact) mass is 304 g/mol. The zero-order valence-corrected chi connectivity index (χ0v) is 13.1. The molecule has 3 nitrogen and oxygen atoms in total. The predicted octanol–water partition coefficient (Wildman–Crippen LogP) is 2.96. The summed E-state index contributed by atoms with van der Waals surface area (Å²) in [5.41, 5.74) is 0.611. The number of hydrogen-bond acceptors (Lipinski definition) is 3. The van der Waals surface area contributed by atoms with E-state index in [0.717, 1.165) is 25.9 Å². The molecule has 2 aliphatic rings. The van der Waals surface area contributed by atoms with Crippen molar-refractivity contribution in [3.8, 4) is 0 Å². The molecule has 2 saturated heterocycles. The van der Waals surface area contributed by atoms with E-state index in [1.54, 1.807) is 12.1 Å². The van der Waals surface area contributed by atoms with Crippen LogP contribution in [0.3, 0.4) is 0 Å². The smallest absolute Gasteiger partial charge is 0.176 e. The third kappa shape index (κ3) is 3.93. The number of benzene rings is 1. The minimum atomic E-state index is -0.293. The molecule has 0 radical (unpaired) electrons. The first kappa shape index (κ1) is 15.6. The average molecular weight is 304 g/mol. The number of halogens is 1. The molecular weight excluding hydrogens is 279 g/mol. The molecule has 1 aromatic rings. The second kappa shape index (κ2) is 7.34. The molecule has 2 heterocycles. The fourth-order valence-electron chi connectivity index (χ4n) is 3.66. The summed E-state index contributed by atoms with van der Waals surface area (Å²) in [6.45, 7) is 4.94. The van der Waals surface area contributed by atoms with Gasteiger partial charge in [0.15, 0.2) is 5.78 Å². The SMILES string of the molecule is O=C(CN1CCC(N2CCCCC2)CC1)c1ccc(F)cc1. The molecule has 1 aromatic carbocycles. The maximum atomic E-state index is 12.9. The second-order valence-corrected chi connectivity index (χ2v) is 6.53. The van der Waals surface area contributed by atoms with Crippen molar-refractivity contribution in [3.05, 3.63) is 35.6 Å². The van der Waals surface area contributed by atoms with E-state index < -0.39 is 0 Å². The minimum Gasteiger partial charge on any atom is -0.300 e. The zero-order valence-electron chi connectivity index (χ0n) is 13.1. The Hall–Kier alpha value is -1.26. The third-order valence-corrected chi connectivity index (χ3v) is 5.00. The summed E-state index contributed by atoms with van der Waals surface area (Å²) in [6, 6.07) is 6.58. The first-order valence-corrected chi connectivity index (χ1v) is 8.47. The first-order chi connectivity index (χ1) is 10.7. The van der Waals surface area contributed by atoms with Crippen LogP contribution in [0.2, 0.25) is 0 Å². The van der Waals surface area contributed by atoms with Crippen LogP contribution in [0, 0.1) is 5.82 Å². The molecule has 2 fully saturated rings. The van der Waals surface area contributed by atoms with E-state index in [2.05, 4.69) is 9.80 Å². The van der Waals surface area contributed by atoms with Gasteiger partial charge in [0.1, 0.15) is 5.82 Å². The van der Waals surface area contributed by atoms with Crippen LogP contribution in [0.15, 0.2) is 24.3 Å². The lowest BCUT2D eigenvalue weighted by molar-refractivity contribution is 0.0775. The standard InChI is InChI=1S/C18H25FN2O/c19-16-6-4-15(5-7-16)18(22)14-20-12-8-17(9-13-20)21-10-2-1-3-11-21/h4-7,17H,1-3,8-14H2. The summed E-state index contributed by atoms with van der Waals surface area (Å²) >= 11 is 0. The van der Waals surface area contributed by atoms with E-state index >= 15 is 0 Å². The third-order valence-electron chi connectivity index (χ3n) is 5.00. The van der Waals surface area contributed by atoms with Gasteiger partial charge in [-0.05, 0) is 63.0 Å². The number of hydrogen-bond donors (Lipinski definition) is 0. The van der Waals surface area contributed by atoms with Crippen molar-refractivity contribution in [1.29, 1.82) is 0 Å². The van der Waals surface area contributed by atoms with Crippen molar-refractivity contribution in [3.63, 3.8) is 0 Å². The first-order valence-electron chi connectivity index (χ1n) is 8.47. The fourth-order valence-corrected chi connectivity index (χ4v) is 3.66. The predicted molar refractivity (Wildman–Crippen MR) is 85.6 cm³/mol. The van der Waals surface area contributed by atoms with Gasteiger partial charge in [-0.1, -0.05) is 6.42 Å². The molecular formula is C18H25FN2O. The van der Waals surface area contributed by atoms with Gasteiger partial charge in [0.25, 0.3) is 0 Å². The highest BCUT2D eigenvalue weighted by atomic mass is 19.1. The number of nitrogens with zero attached hydrogens (tertiary/aromatic N) is 2. The molecule has 22 heavy (non-hydrogen) atoms. The van der Waals surface area contributed by atoms with Gasteiger partial charge in [-0.3, -0.25) is 9.69 Å². The number of rotatable bonds is 4. The van der Waals surface area contributed by atoms with Crippen LogP contribution in [0.1, 0.15) is 42.5 Å². The van der Waals surface area contributed by atoms with Crippen molar-refractivity contribution >= 4 is 5.78 Å². The number of ketones is 1. The Morgan fingerprint density at radius 3 is 2.27 bits per heavy atom. The van der Waals surface area contributed by atoms with Crippen LogP contribution >= 0.6 is 0 Å². The van der Waals surface area contributed by atoms with E-state index in [1.165, 1.54) is 44.5 Å². The van der Waals surface area contributed by atoms with Crippen molar-refractivity contribution < 1.29 is 9.18 Å². The minimum absolute atomic E-state index is 0.0939. The molecule has 120 valence electrons. The van der Waals surface area contributed by atoms with Crippen LogP contribution in [0.4, 0.5) is 4.39 Å². The van der Waals surface area contributed by atoms with E-state index in [4.69, 9.17) is 0 Å². The van der Waals surface area contributed by atoms with Gasteiger partial charge in [0.2, 0.25) is 0 Å². The molecule has 4 heteroatoms. The van der Waals surface area contributed by atoms with Crippen LogP contribution in [0.5, 0.6) is 0 Å². The van der Waals surface area contributed by atoms with Gasteiger partial charge in [-0.15, -0.1) is 0 Å². The van der Waals surface area contributed by atoms with E-state index in [1.807, 2.05) is 0 Å². The van der Waals surface area contributed by atoms with Gasteiger partial charge in [0.05, 0.1) is 6.54 Å². The molecule has 0 N–H and O–H groups in total. The number of carbonyl (C=O) groups is 1. The van der Waals surface area contributed by atoms with Crippen molar-refractivity contribution in [2.45, 2.75) is 38.1 Å². The Balaban J connectivity index is 1.47. The summed E-state index contributed by atoms with van der Waals surface area (Å²) < 4.78 is 12.9. The molecule has 0 unspecified atom stereocenters. The van der Waals surface area contributed by atoms with Gasteiger partial charge in [-0.2, -0.15) is 0 Å². The van der Waals surface area contributed by atoms with Crippen LogP contribution in [-0.2, 0) is 0 Å². The summed E-state index contributed by atoms with van der Waals surface area (Å²) in [6.07, 6.45) is 6.38. The summed E-state index contributed by atoms with van der Waals surface area (Å²) in [5, 5.41) is 0. The Morgan fingerprint density at radius 1 is 1.00 bits per heavy atom. The molecule has 0 atom stereocenters. The van der Waals surface area contributed by atoms with E-state index in [-0.39, 0.29) is 11.6 Å². The molecule has 0 spiro atoms. The number of carbonyl (C=O) groups excluding carboxylic acids is 1. The maximum absolute atomic E-state index is 12.9. The molecule has 3 rings (SSSR count). The lowest BCUT2D eigenvalue weighted by atomic mass is 9.99. The molecule has 0 aromatic heterocycles. The van der Waals surface area contributed by atoms with Gasteiger partial charge in [0, 0.05) is 24.7 Å². The van der Waals surface area contributed by atoms with Crippen molar-refractivity contribution in [2.75, 3.05) is 32.7 Å². The highest BCUT2D eigenvalue weighted by Crippen LogP contribution is 2.21. The second-order valence-electron chi connectivity index (χ2n) is 6.53. The number of likely N-dealkylation sites (tertiary alicyclic amines) is 2. The van der Waals surface area contributed by atoms with Crippen LogP contribution in [-0.4, -0.2) is 54.3 Å². The normalized spacial score (nSPS) is 21.9. The highest BCUT2D eigenvalue weighted by Gasteiger charge is 2.26. The maximum Gasteiger partial charge on any atom is 0.176 e. The molecule has 2 aliphatic heterocycles. The van der Waals surface area contributed by atoms with Gasteiger partial charge in [-0.25, -0.2) is 4.39 Å². The summed E-state index contributed by atoms with van der Waals surface area (Å²) in [5.74, 6) is -0.199. The van der Waals surface area contributed by atoms with E-state index in [9.17, 15) is 9.18 Å². The Kier molecular flexibility index (Phi) is 5.21. The van der Waals surface area contributed by atoms with Gasteiger partial charge < -0.3 is 4.90 Å².